The maximum atomic E-state index is 11.9. The summed E-state index contributed by atoms with van der Waals surface area (Å²) in [4.78, 5) is 22.9. The van der Waals surface area contributed by atoms with Gasteiger partial charge in [0.05, 0.1) is 11.2 Å². The van der Waals surface area contributed by atoms with Crippen LogP contribution in [0.2, 0.25) is 0 Å². The number of hydrazine groups is 1. The number of carboxylic acid groups (broad SMARTS) is 2. The number of ether oxygens (including phenoxy) is 1. The summed E-state index contributed by atoms with van der Waals surface area (Å²) in [5, 5.41) is 22.2. The van der Waals surface area contributed by atoms with Crippen LogP contribution in [0.5, 0.6) is 0 Å². The van der Waals surface area contributed by atoms with Crippen LogP contribution in [0, 0.1) is 0 Å². The second-order valence-corrected chi connectivity index (χ2v) is 6.15. The van der Waals surface area contributed by atoms with Crippen LogP contribution in [0.4, 0.5) is 0 Å². The number of aliphatic carboxylic acids is 1. The summed E-state index contributed by atoms with van der Waals surface area (Å²) in [5.74, 6) is 2.34. The van der Waals surface area contributed by atoms with Gasteiger partial charge in [-0.15, -0.1) is 5.10 Å². The molecule has 0 saturated carbocycles. The van der Waals surface area contributed by atoms with E-state index in [1.165, 1.54) is 24.3 Å². The van der Waals surface area contributed by atoms with E-state index >= 15 is 0 Å². The number of nitrogens with zero attached hydrogens (tertiary/aromatic N) is 1. The van der Waals surface area contributed by atoms with Crippen LogP contribution in [-0.4, -0.2) is 39.2 Å². The summed E-state index contributed by atoms with van der Waals surface area (Å²) >= 11 is 0. The molecule has 1 aromatic carbocycles. The molecule has 0 amide bonds. The number of hydrogen-bond acceptors (Lipinski definition) is 6. The lowest BCUT2D eigenvalue weighted by molar-refractivity contribution is -0.170. The highest BCUT2D eigenvalue weighted by molar-refractivity contribution is 6.07. The van der Waals surface area contributed by atoms with Crippen LogP contribution in [0.15, 0.2) is 29.4 Å². The fraction of sp³-hybridized carbons (Fsp3) is 0.400. The molecule has 0 heterocycles. The molecule has 1 atom stereocenters. The molecule has 0 bridgehead atoms. The zero-order valence-corrected chi connectivity index (χ0v) is 13.7. The molecule has 0 aliphatic rings. The molecule has 1 unspecified atom stereocenters. The van der Waals surface area contributed by atoms with Crippen molar-refractivity contribution in [2.75, 3.05) is 0 Å². The predicted molar refractivity (Wildman–Crippen MR) is 87.3 cm³/mol. The molecule has 0 saturated heterocycles. The first-order chi connectivity index (χ1) is 11.0. The van der Waals surface area contributed by atoms with Gasteiger partial charge in [0, 0.05) is 6.42 Å². The van der Waals surface area contributed by atoms with Crippen molar-refractivity contribution in [3.8, 4) is 0 Å². The number of hydrazone groups is 1. The molecule has 1 aromatic rings. The average Bonchev–Trinajstić information content (AvgIpc) is 2.45. The maximum Gasteiger partial charge on any atom is 0.344 e. The third-order valence-corrected chi connectivity index (χ3v) is 3.08. The summed E-state index contributed by atoms with van der Waals surface area (Å²) in [7, 11) is 0. The van der Waals surface area contributed by atoms with E-state index in [9.17, 15) is 14.7 Å². The summed E-state index contributed by atoms with van der Waals surface area (Å²) in [5.41, 5.74) is 5.57. The van der Waals surface area contributed by atoms with Crippen LogP contribution in [0.25, 0.3) is 0 Å². The number of benzene rings is 1. The number of carbonyl (C=O) groups is 2. The molecular weight excluding hydrogens is 316 g/mol. The number of aromatic carboxylic acids is 1. The Labute approximate surface area is 139 Å². The number of hydrogen-bond donors (Lipinski definition) is 5. The fourth-order valence-corrected chi connectivity index (χ4v) is 2.14. The molecule has 9 nitrogen and oxygen atoms in total. The minimum absolute atomic E-state index is 0.0849. The molecule has 7 N–H and O–H groups in total. The normalized spacial score (nSPS) is 14.8. The molecule has 0 radical (unpaired) electrons. The highest BCUT2D eigenvalue weighted by atomic mass is 16.5. The van der Waals surface area contributed by atoms with Crippen molar-refractivity contribution in [3.05, 3.63) is 35.4 Å². The van der Waals surface area contributed by atoms with Crippen molar-refractivity contribution in [3.63, 3.8) is 0 Å². The minimum Gasteiger partial charge on any atom is -0.479 e. The van der Waals surface area contributed by atoms with E-state index < -0.39 is 23.1 Å². The van der Waals surface area contributed by atoms with Crippen LogP contribution >= 0.6 is 0 Å². The van der Waals surface area contributed by atoms with E-state index in [0.29, 0.717) is 5.56 Å². The van der Waals surface area contributed by atoms with Crippen molar-refractivity contribution in [2.24, 2.45) is 16.7 Å². The van der Waals surface area contributed by atoms with Gasteiger partial charge < -0.3 is 20.7 Å². The topological polar surface area (TPSA) is 160 Å². The number of amidine groups is 1. The zero-order valence-electron chi connectivity index (χ0n) is 13.7. The third kappa shape index (κ3) is 4.67. The molecule has 0 fully saturated rings. The summed E-state index contributed by atoms with van der Waals surface area (Å²) in [6, 6.07) is 5.73. The van der Waals surface area contributed by atoms with Crippen LogP contribution in [0.3, 0.4) is 0 Å². The second-order valence-electron chi connectivity index (χ2n) is 6.15. The third-order valence-electron chi connectivity index (χ3n) is 3.08. The molecule has 0 aliphatic heterocycles. The molecule has 0 aromatic heterocycles. The van der Waals surface area contributed by atoms with Gasteiger partial charge in [-0.1, -0.05) is 12.1 Å². The molecule has 0 aliphatic carbocycles. The van der Waals surface area contributed by atoms with Gasteiger partial charge in [0.25, 0.3) is 0 Å². The summed E-state index contributed by atoms with van der Waals surface area (Å²) in [6.45, 7) is 5.05. The second kappa shape index (κ2) is 7.28. The van der Waals surface area contributed by atoms with Crippen molar-refractivity contribution in [1.82, 2.24) is 5.53 Å². The number of nitrogens with two attached hydrogens (primary N) is 2. The van der Waals surface area contributed by atoms with Crippen molar-refractivity contribution in [1.29, 1.82) is 0 Å². The maximum absolute atomic E-state index is 11.9. The highest BCUT2D eigenvalue weighted by Gasteiger charge is 2.47. The molecule has 132 valence electrons. The molecule has 9 heteroatoms. The Morgan fingerprint density at radius 3 is 2.12 bits per heavy atom. The Bertz CT molecular complexity index is 636. The average molecular weight is 338 g/mol. The van der Waals surface area contributed by atoms with E-state index in [-0.39, 0.29) is 17.8 Å². The Morgan fingerprint density at radius 2 is 1.75 bits per heavy atom. The monoisotopic (exact) mass is 338 g/mol. The number of rotatable bonds is 7. The largest absolute Gasteiger partial charge is 0.479 e. The van der Waals surface area contributed by atoms with Crippen molar-refractivity contribution < 1.29 is 24.5 Å². The van der Waals surface area contributed by atoms with Crippen molar-refractivity contribution in [2.45, 2.75) is 38.4 Å². The van der Waals surface area contributed by atoms with E-state index in [1.807, 2.05) is 5.53 Å². The van der Waals surface area contributed by atoms with E-state index in [0.717, 1.165) is 0 Å². The van der Waals surface area contributed by atoms with E-state index in [1.54, 1.807) is 20.8 Å². The Hall–Kier alpha value is -2.65. The van der Waals surface area contributed by atoms with Crippen LogP contribution in [-0.2, 0) is 16.0 Å². The van der Waals surface area contributed by atoms with Gasteiger partial charge in [0.15, 0.2) is 5.84 Å². The lowest BCUT2D eigenvalue weighted by Gasteiger charge is -2.35. The van der Waals surface area contributed by atoms with Gasteiger partial charge in [-0.3, -0.25) is 0 Å². The standard InChI is InChI=1S/C15H22N4O5/c1-14(2,3)24-15(13(22)23,12(16)18-19-17)8-9-4-6-10(7-5-9)11(20)21/h4-7,19H,8,17H2,1-3H3,(H2,16,18)(H,20,21)(H,22,23). The van der Waals surface area contributed by atoms with Gasteiger partial charge in [-0.25, -0.2) is 21.0 Å². The van der Waals surface area contributed by atoms with Gasteiger partial charge in [-0.05, 0) is 38.5 Å². The molecule has 0 spiro atoms. The SMILES string of the molecule is CC(C)(C)OC(Cc1ccc(C(=O)O)cc1)(C(=O)O)/C(N)=N/NN. The van der Waals surface area contributed by atoms with E-state index in [4.69, 9.17) is 21.4 Å². The fourth-order valence-electron chi connectivity index (χ4n) is 2.14. The Balaban J connectivity index is 3.32. The van der Waals surface area contributed by atoms with E-state index in [2.05, 4.69) is 5.10 Å². The lowest BCUT2D eigenvalue weighted by atomic mass is 9.91. The highest BCUT2D eigenvalue weighted by Crippen LogP contribution is 2.26. The first-order valence-electron chi connectivity index (χ1n) is 7.07. The Kier molecular flexibility index (Phi) is 5.88. The lowest BCUT2D eigenvalue weighted by Crippen LogP contribution is -2.58. The molecular formula is C15H22N4O5. The molecule has 1 rings (SSSR count). The smallest absolute Gasteiger partial charge is 0.344 e. The predicted octanol–water partition coefficient (Wildman–Crippen LogP) is 0.301. The quantitative estimate of drug-likeness (QED) is 0.205. The molecule has 24 heavy (non-hydrogen) atoms. The Morgan fingerprint density at radius 1 is 1.21 bits per heavy atom. The minimum atomic E-state index is -1.96. The number of nitrogens with one attached hydrogen (secondary N) is 1. The van der Waals surface area contributed by atoms with Crippen LogP contribution < -0.4 is 17.1 Å². The van der Waals surface area contributed by atoms with Gasteiger partial charge >= 0.3 is 11.9 Å². The van der Waals surface area contributed by atoms with Crippen molar-refractivity contribution >= 4 is 17.8 Å². The summed E-state index contributed by atoms with van der Waals surface area (Å²) < 4.78 is 5.72. The van der Waals surface area contributed by atoms with Gasteiger partial charge in [-0.2, -0.15) is 0 Å². The van der Waals surface area contributed by atoms with Gasteiger partial charge in [0.2, 0.25) is 5.60 Å². The first kappa shape index (κ1) is 19.4. The van der Waals surface area contributed by atoms with Gasteiger partial charge in [0.1, 0.15) is 0 Å². The first-order valence-corrected chi connectivity index (χ1v) is 7.07. The summed E-state index contributed by atoms with van der Waals surface area (Å²) in [6.07, 6.45) is -0.156. The van der Waals surface area contributed by atoms with Crippen LogP contribution in [0.1, 0.15) is 36.7 Å². The zero-order chi connectivity index (χ0) is 18.5. The number of carboxylic acids is 2.